The summed E-state index contributed by atoms with van der Waals surface area (Å²) in [5.41, 5.74) is 1.13. The van der Waals surface area contributed by atoms with Crippen molar-refractivity contribution in [2.75, 3.05) is 0 Å². The minimum atomic E-state index is -0.220. The molecular weight excluding hydrogens is 430 g/mol. The average molecular weight is 449 g/mol. The fourth-order valence-electron chi connectivity index (χ4n) is 2.64. The van der Waals surface area contributed by atoms with Crippen LogP contribution in [0.4, 0.5) is 0 Å². The summed E-state index contributed by atoms with van der Waals surface area (Å²) in [5.74, 6) is 1.24. The quantitative estimate of drug-likeness (QED) is 0.514. The van der Waals surface area contributed by atoms with E-state index in [0.29, 0.717) is 39.5 Å². The van der Waals surface area contributed by atoms with E-state index in [-0.39, 0.29) is 11.7 Å². The van der Waals surface area contributed by atoms with Gasteiger partial charge in [0, 0.05) is 21.5 Å². The van der Waals surface area contributed by atoms with Crippen molar-refractivity contribution in [1.82, 2.24) is 9.66 Å². The third-order valence-electron chi connectivity index (χ3n) is 3.84. The fraction of sp³-hybridized carbons (Fsp3) is 0.250. The molecule has 0 spiro atoms. The Kier molecular flexibility index (Phi) is 5.97. The van der Waals surface area contributed by atoms with Gasteiger partial charge in [0.1, 0.15) is 11.6 Å². The van der Waals surface area contributed by atoms with Gasteiger partial charge in [-0.2, -0.15) is 9.78 Å². The summed E-state index contributed by atoms with van der Waals surface area (Å²) in [4.78, 5) is 17.5. The van der Waals surface area contributed by atoms with Gasteiger partial charge < -0.3 is 4.74 Å². The van der Waals surface area contributed by atoms with Gasteiger partial charge in [-0.05, 0) is 50.2 Å². The Morgan fingerprint density at radius 3 is 2.78 bits per heavy atom. The van der Waals surface area contributed by atoms with Gasteiger partial charge in [-0.15, -0.1) is 0 Å². The topological polar surface area (TPSA) is 56.5 Å². The lowest BCUT2D eigenvalue weighted by atomic mass is 10.2. The molecule has 2 aromatic carbocycles. The largest absolute Gasteiger partial charge is 0.490 e. The standard InChI is InChI=1S/C20H19BrClN3O2/c1-4-19-24-17-7-5-14(21)10-16(17)20(26)25(19)23-11-13-9-15(22)6-8-18(13)27-12(2)3/h5-12H,4H2,1-3H3. The van der Waals surface area contributed by atoms with Crippen LogP contribution in [0.2, 0.25) is 5.02 Å². The van der Waals surface area contributed by atoms with Gasteiger partial charge in [-0.3, -0.25) is 4.79 Å². The summed E-state index contributed by atoms with van der Waals surface area (Å²) in [5, 5.41) is 5.47. The van der Waals surface area contributed by atoms with Gasteiger partial charge in [0.25, 0.3) is 5.56 Å². The number of halogens is 2. The molecule has 0 N–H and O–H groups in total. The van der Waals surface area contributed by atoms with Gasteiger partial charge in [-0.25, -0.2) is 4.98 Å². The van der Waals surface area contributed by atoms with E-state index in [1.807, 2.05) is 32.9 Å². The van der Waals surface area contributed by atoms with Crippen molar-refractivity contribution in [2.45, 2.75) is 33.3 Å². The first-order valence-electron chi connectivity index (χ1n) is 8.60. The summed E-state index contributed by atoms with van der Waals surface area (Å²) < 4.78 is 7.95. The summed E-state index contributed by atoms with van der Waals surface area (Å²) in [6, 6.07) is 10.7. The lowest BCUT2D eigenvalue weighted by Crippen LogP contribution is -2.22. The van der Waals surface area contributed by atoms with Gasteiger partial charge in [0.05, 0.1) is 23.2 Å². The van der Waals surface area contributed by atoms with Crippen LogP contribution >= 0.6 is 27.5 Å². The lowest BCUT2D eigenvalue weighted by molar-refractivity contribution is 0.242. The predicted octanol–water partition coefficient (Wildman–Crippen LogP) is 5.04. The molecule has 0 radical (unpaired) electrons. The minimum Gasteiger partial charge on any atom is -0.490 e. The number of aromatic nitrogens is 2. The maximum absolute atomic E-state index is 12.9. The van der Waals surface area contributed by atoms with E-state index < -0.39 is 0 Å². The van der Waals surface area contributed by atoms with Crippen molar-refractivity contribution < 1.29 is 4.74 Å². The molecule has 0 unspecified atom stereocenters. The minimum absolute atomic E-state index is 0.00642. The Balaban J connectivity index is 2.13. The van der Waals surface area contributed by atoms with Crippen LogP contribution < -0.4 is 10.3 Å². The van der Waals surface area contributed by atoms with Crippen molar-refractivity contribution in [3.63, 3.8) is 0 Å². The van der Waals surface area contributed by atoms with E-state index in [1.165, 1.54) is 4.68 Å². The maximum Gasteiger partial charge on any atom is 0.282 e. The van der Waals surface area contributed by atoms with E-state index in [1.54, 1.807) is 30.5 Å². The molecule has 3 aromatic rings. The highest BCUT2D eigenvalue weighted by atomic mass is 79.9. The molecule has 0 atom stereocenters. The van der Waals surface area contributed by atoms with Gasteiger partial charge in [-0.1, -0.05) is 34.5 Å². The molecule has 3 rings (SSSR count). The first-order valence-corrected chi connectivity index (χ1v) is 9.78. The normalized spacial score (nSPS) is 11.6. The van der Waals surface area contributed by atoms with Crippen LogP contribution in [0, 0.1) is 0 Å². The Bertz CT molecular complexity index is 1080. The maximum atomic E-state index is 12.9. The van der Waals surface area contributed by atoms with E-state index >= 15 is 0 Å². The second-order valence-corrected chi connectivity index (χ2v) is 7.61. The predicted molar refractivity (Wildman–Crippen MR) is 113 cm³/mol. The number of benzene rings is 2. The first kappa shape index (κ1) is 19.6. The molecular formula is C20H19BrClN3O2. The molecule has 1 heterocycles. The molecule has 1 aromatic heterocycles. The van der Waals surface area contributed by atoms with Gasteiger partial charge >= 0.3 is 0 Å². The molecule has 140 valence electrons. The second kappa shape index (κ2) is 8.23. The van der Waals surface area contributed by atoms with E-state index in [0.717, 1.165) is 4.47 Å². The van der Waals surface area contributed by atoms with Crippen molar-refractivity contribution >= 4 is 44.6 Å². The summed E-state index contributed by atoms with van der Waals surface area (Å²) in [6.07, 6.45) is 2.16. The van der Waals surface area contributed by atoms with Crippen LogP contribution in [0.25, 0.3) is 10.9 Å². The van der Waals surface area contributed by atoms with E-state index in [4.69, 9.17) is 16.3 Å². The first-order chi connectivity index (χ1) is 12.9. The Morgan fingerprint density at radius 2 is 2.07 bits per heavy atom. The number of hydrogen-bond donors (Lipinski definition) is 0. The number of aryl methyl sites for hydroxylation is 1. The molecule has 0 saturated carbocycles. The van der Waals surface area contributed by atoms with E-state index in [2.05, 4.69) is 26.0 Å². The molecule has 0 aliphatic heterocycles. The van der Waals surface area contributed by atoms with Crippen LogP contribution in [0.3, 0.4) is 0 Å². The monoisotopic (exact) mass is 447 g/mol. The highest BCUT2D eigenvalue weighted by Crippen LogP contribution is 2.23. The molecule has 0 aliphatic rings. The summed E-state index contributed by atoms with van der Waals surface area (Å²) in [7, 11) is 0. The Labute approximate surface area is 170 Å². The average Bonchev–Trinajstić information content (AvgIpc) is 2.63. The Morgan fingerprint density at radius 1 is 1.30 bits per heavy atom. The van der Waals surface area contributed by atoms with Gasteiger partial charge in [0.2, 0.25) is 0 Å². The molecule has 0 amide bonds. The van der Waals surface area contributed by atoms with Crippen LogP contribution in [0.1, 0.15) is 32.2 Å². The number of ether oxygens (including phenoxy) is 1. The molecule has 0 aliphatic carbocycles. The number of rotatable bonds is 5. The molecule has 5 nitrogen and oxygen atoms in total. The highest BCUT2D eigenvalue weighted by molar-refractivity contribution is 9.10. The third-order valence-corrected chi connectivity index (χ3v) is 4.57. The smallest absolute Gasteiger partial charge is 0.282 e. The summed E-state index contributed by atoms with van der Waals surface area (Å²) in [6.45, 7) is 5.83. The molecule has 7 heteroatoms. The third kappa shape index (κ3) is 4.39. The van der Waals surface area contributed by atoms with Crippen LogP contribution in [-0.2, 0) is 6.42 Å². The van der Waals surface area contributed by atoms with Crippen LogP contribution in [-0.4, -0.2) is 22.0 Å². The number of hydrogen-bond acceptors (Lipinski definition) is 4. The molecule has 0 bridgehead atoms. The number of nitrogens with zero attached hydrogens (tertiary/aromatic N) is 3. The highest BCUT2D eigenvalue weighted by Gasteiger charge is 2.10. The number of fused-ring (bicyclic) bond motifs is 1. The molecule has 0 saturated heterocycles. The zero-order valence-electron chi connectivity index (χ0n) is 15.2. The zero-order valence-corrected chi connectivity index (χ0v) is 17.6. The lowest BCUT2D eigenvalue weighted by Gasteiger charge is -2.13. The van der Waals surface area contributed by atoms with Gasteiger partial charge in [0.15, 0.2) is 0 Å². The SMILES string of the molecule is CCc1nc2ccc(Br)cc2c(=O)n1N=Cc1cc(Cl)ccc1OC(C)C. The van der Waals surface area contributed by atoms with Crippen LogP contribution in [0.5, 0.6) is 5.75 Å². The van der Waals surface area contributed by atoms with Crippen molar-refractivity contribution in [3.05, 3.63) is 67.6 Å². The fourth-order valence-corrected chi connectivity index (χ4v) is 3.19. The Hall–Kier alpha value is -2.18. The second-order valence-electron chi connectivity index (χ2n) is 6.25. The van der Waals surface area contributed by atoms with Crippen molar-refractivity contribution in [2.24, 2.45) is 5.10 Å². The van der Waals surface area contributed by atoms with Crippen LogP contribution in [0.15, 0.2) is 50.8 Å². The molecule has 27 heavy (non-hydrogen) atoms. The van der Waals surface area contributed by atoms with Crippen molar-refractivity contribution in [3.8, 4) is 5.75 Å². The molecule has 0 fully saturated rings. The summed E-state index contributed by atoms with van der Waals surface area (Å²) >= 11 is 9.51. The van der Waals surface area contributed by atoms with Crippen molar-refractivity contribution in [1.29, 1.82) is 0 Å². The van der Waals surface area contributed by atoms with E-state index in [9.17, 15) is 4.79 Å². The zero-order chi connectivity index (χ0) is 19.6.